The molecule has 0 spiro atoms. The Labute approximate surface area is 207 Å². The minimum absolute atomic E-state index is 0.237. The summed E-state index contributed by atoms with van der Waals surface area (Å²) in [4.78, 5) is 13.4. The predicted molar refractivity (Wildman–Crippen MR) is 134 cm³/mol. The van der Waals surface area contributed by atoms with Gasteiger partial charge in [-0.1, -0.05) is 12.0 Å². The number of aromatic nitrogens is 6. The van der Waals surface area contributed by atoms with Gasteiger partial charge in [0.1, 0.15) is 5.82 Å². The van der Waals surface area contributed by atoms with Crippen molar-refractivity contribution in [1.29, 1.82) is 0 Å². The van der Waals surface area contributed by atoms with Crippen LogP contribution in [0.15, 0.2) is 24.4 Å². The molecule has 0 bridgehead atoms. The van der Waals surface area contributed by atoms with E-state index in [1.807, 2.05) is 10.7 Å². The summed E-state index contributed by atoms with van der Waals surface area (Å²) in [6.07, 6.45) is 3.32. The van der Waals surface area contributed by atoms with Crippen molar-refractivity contribution < 1.29 is 9.50 Å². The number of fused-ring (bicyclic) bond motifs is 3. The second-order valence-corrected chi connectivity index (χ2v) is 9.44. The maximum Gasteiger partial charge on any atom is 0.226 e. The summed E-state index contributed by atoms with van der Waals surface area (Å²) in [6, 6.07) is 5.01. The summed E-state index contributed by atoms with van der Waals surface area (Å²) in [5.41, 5.74) is 8.77. The van der Waals surface area contributed by atoms with Crippen LogP contribution in [0.5, 0.6) is 0 Å². The minimum Gasteiger partial charge on any atom is -0.388 e. The highest BCUT2D eigenvalue weighted by Crippen LogP contribution is 2.41. The minimum atomic E-state index is -0.498. The fourth-order valence-electron chi connectivity index (χ4n) is 4.87. The van der Waals surface area contributed by atoms with Crippen LogP contribution >= 0.6 is 0 Å². The third-order valence-electron chi connectivity index (χ3n) is 7.06. The lowest BCUT2D eigenvalue weighted by molar-refractivity contribution is 0.153. The summed E-state index contributed by atoms with van der Waals surface area (Å²) in [7, 11) is 0. The van der Waals surface area contributed by atoms with Gasteiger partial charge in [-0.25, -0.2) is 9.07 Å². The molecule has 3 N–H and O–H groups in total. The number of aliphatic hydroxyl groups excluding tert-OH is 1. The average molecular weight is 490 g/mol. The quantitative estimate of drug-likeness (QED) is 0.395. The van der Waals surface area contributed by atoms with E-state index in [9.17, 15) is 9.50 Å². The van der Waals surface area contributed by atoms with Crippen molar-refractivity contribution in [1.82, 2.24) is 34.3 Å². The number of halogens is 1. The first-order valence-corrected chi connectivity index (χ1v) is 12.3. The van der Waals surface area contributed by atoms with Gasteiger partial charge in [0.15, 0.2) is 11.3 Å². The van der Waals surface area contributed by atoms with Crippen molar-refractivity contribution in [2.24, 2.45) is 5.92 Å². The van der Waals surface area contributed by atoms with Crippen molar-refractivity contribution in [3.63, 3.8) is 0 Å². The first-order valence-electron chi connectivity index (χ1n) is 12.3. The van der Waals surface area contributed by atoms with Gasteiger partial charge in [0.25, 0.3) is 0 Å². The van der Waals surface area contributed by atoms with E-state index in [4.69, 9.17) is 5.73 Å². The molecule has 1 unspecified atom stereocenters. The number of nitrogens with zero attached hydrogens (tertiary/aromatic N) is 8. The molecule has 1 saturated carbocycles. The molecule has 2 fully saturated rings. The molecule has 0 amide bonds. The van der Waals surface area contributed by atoms with Gasteiger partial charge in [0.05, 0.1) is 29.9 Å². The van der Waals surface area contributed by atoms with Gasteiger partial charge in [-0.3, -0.25) is 4.90 Å². The highest BCUT2D eigenvalue weighted by atomic mass is 19.1. The van der Waals surface area contributed by atoms with Crippen LogP contribution in [-0.2, 0) is 6.54 Å². The van der Waals surface area contributed by atoms with E-state index in [0.29, 0.717) is 48.4 Å². The third kappa shape index (κ3) is 4.12. The van der Waals surface area contributed by atoms with Crippen LogP contribution in [0.2, 0.25) is 0 Å². The molecule has 186 valence electrons. The van der Waals surface area contributed by atoms with E-state index >= 15 is 0 Å². The summed E-state index contributed by atoms with van der Waals surface area (Å²) < 4.78 is 17.9. The fourth-order valence-corrected chi connectivity index (χ4v) is 4.87. The zero-order chi connectivity index (χ0) is 24.8. The first kappa shape index (κ1) is 22.7. The molecule has 4 aromatic rings. The van der Waals surface area contributed by atoms with Crippen molar-refractivity contribution >= 4 is 28.3 Å². The van der Waals surface area contributed by atoms with Crippen LogP contribution in [0, 0.1) is 23.6 Å². The number of nitrogens with two attached hydrogens (primary N) is 1. The highest BCUT2D eigenvalue weighted by Gasteiger charge is 2.31. The second-order valence-electron chi connectivity index (χ2n) is 9.44. The van der Waals surface area contributed by atoms with E-state index < -0.39 is 6.10 Å². The zero-order valence-corrected chi connectivity index (χ0v) is 20.1. The number of piperazine rings is 1. The number of rotatable bonds is 6. The van der Waals surface area contributed by atoms with E-state index in [2.05, 4.69) is 41.8 Å². The second kappa shape index (κ2) is 9.04. The largest absolute Gasteiger partial charge is 0.388 e. The fraction of sp³-hybridized carbons (Fsp3) is 0.440. The Morgan fingerprint density at radius 3 is 2.69 bits per heavy atom. The lowest BCUT2D eigenvalue weighted by Crippen LogP contribution is -2.47. The number of nitrogen functional groups attached to an aromatic ring is 1. The Kier molecular flexibility index (Phi) is 5.70. The van der Waals surface area contributed by atoms with Gasteiger partial charge in [-0.05, 0) is 49.3 Å². The number of aliphatic hydroxyl groups is 1. The molecule has 3 aromatic heterocycles. The molecule has 36 heavy (non-hydrogen) atoms. The Balaban J connectivity index is 1.12. The van der Waals surface area contributed by atoms with Crippen molar-refractivity contribution in [2.75, 3.05) is 43.4 Å². The summed E-state index contributed by atoms with van der Waals surface area (Å²) >= 11 is 0. The van der Waals surface area contributed by atoms with Gasteiger partial charge in [0, 0.05) is 32.7 Å². The Bertz CT molecular complexity index is 1490. The third-order valence-corrected chi connectivity index (χ3v) is 7.06. The van der Waals surface area contributed by atoms with Gasteiger partial charge in [-0.15, -0.1) is 5.10 Å². The van der Waals surface area contributed by atoms with Gasteiger partial charge >= 0.3 is 0 Å². The van der Waals surface area contributed by atoms with Crippen molar-refractivity contribution in [3.05, 3.63) is 41.6 Å². The van der Waals surface area contributed by atoms with E-state index in [1.165, 1.54) is 10.6 Å². The lowest BCUT2D eigenvalue weighted by Gasteiger charge is -2.36. The first-order chi connectivity index (χ1) is 17.5. The molecule has 6 rings (SSSR count). The smallest absolute Gasteiger partial charge is 0.226 e. The average Bonchev–Trinajstić information content (AvgIpc) is 3.53. The molecule has 1 aromatic carbocycles. The van der Waals surface area contributed by atoms with Gasteiger partial charge in [0.2, 0.25) is 11.8 Å². The number of anilines is 2. The molecule has 11 heteroatoms. The van der Waals surface area contributed by atoms with Crippen LogP contribution in [-0.4, -0.2) is 72.1 Å². The SMILES string of the molecule is CC#Cc1nc2c3cnn(CCN4CCN(c5cc(C(O)C6CC6)ccc5F)CC4)c3nc(N)n2n1. The van der Waals surface area contributed by atoms with Crippen LogP contribution in [0.25, 0.3) is 16.7 Å². The van der Waals surface area contributed by atoms with E-state index in [-0.39, 0.29) is 11.8 Å². The van der Waals surface area contributed by atoms with E-state index in [0.717, 1.165) is 43.4 Å². The Morgan fingerprint density at radius 2 is 1.94 bits per heavy atom. The van der Waals surface area contributed by atoms with Crippen LogP contribution in [0.1, 0.15) is 37.3 Å². The highest BCUT2D eigenvalue weighted by molar-refractivity contribution is 5.89. The lowest BCUT2D eigenvalue weighted by atomic mass is 10.0. The van der Waals surface area contributed by atoms with Gasteiger partial charge < -0.3 is 15.7 Å². The molecular weight excluding hydrogens is 461 g/mol. The van der Waals surface area contributed by atoms with Gasteiger partial charge in [-0.2, -0.15) is 19.6 Å². The zero-order valence-electron chi connectivity index (χ0n) is 20.1. The normalized spacial score (nSPS) is 17.5. The summed E-state index contributed by atoms with van der Waals surface area (Å²) in [5.74, 6) is 6.35. The molecule has 4 heterocycles. The van der Waals surface area contributed by atoms with Crippen molar-refractivity contribution in [3.8, 4) is 11.8 Å². The molecule has 1 atom stereocenters. The molecule has 1 saturated heterocycles. The molecule has 1 aliphatic carbocycles. The monoisotopic (exact) mass is 489 g/mol. The number of hydrogen-bond acceptors (Lipinski definition) is 8. The number of benzene rings is 1. The standard InChI is InChI=1S/C25H28FN9O/c1-2-3-21-29-24-18-15-28-34(23(18)30-25(27)35(24)31-21)13-10-32-8-11-33(12-9-32)20-14-17(6-7-19(20)26)22(36)16-4-5-16/h6-7,14-16,22,36H,4-5,8-13H2,1H3,(H2,27,30). The maximum atomic E-state index is 14.6. The van der Waals surface area contributed by atoms with E-state index in [1.54, 1.807) is 19.2 Å². The topological polar surface area (TPSA) is 114 Å². The molecule has 10 nitrogen and oxygen atoms in total. The maximum absolute atomic E-state index is 14.6. The van der Waals surface area contributed by atoms with Crippen LogP contribution in [0.3, 0.4) is 0 Å². The predicted octanol–water partition coefficient (Wildman–Crippen LogP) is 1.83. The number of hydrogen-bond donors (Lipinski definition) is 2. The molecule has 0 radical (unpaired) electrons. The summed E-state index contributed by atoms with van der Waals surface area (Å²) in [6.45, 7) is 6.18. The molecule has 2 aliphatic rings. The van der Waals surface area contributed by atoms with Crippen molar-refractivity contribution in [2.45, 2.75) is 32.4 Å². The Hall–Kier alpha value is -3.75. The molecule has 1 aliphatic heterocycles. The Morgan fingerprint density at radius 1 is 1.14 bits per heavy atom. The van der Waals surface area contributed by atoms with Crippen LogP contribution in [0.4, 0.5) is 16.0 Å². The van der Waals surface area contributed by atoms with Crippen LogP contribution < -0.4 is 10.6 Å². The summed E-state index contributed by atoms with van der Waals surface area (Å²) in [5, 5.41) is 20.1. The molecular formula is C25H28FN9O.